The van der Waals surface area contributed by atoms with Crippen molar-refractivity contribution in [1.82, 2.24) is 9.55 Å². The second kappa shape index (κ2) is 7.55. The van der Waals surface area contributed by atoms with Crippen LogP contribution in [0.25, 0.3) is 11.0 Å². The number of fused-ring (bicyclic) bond motifs is 1. The minimum Gasteiger partial charge on any atom is -0.484 e. The van der Waals surface area contributed by atoms with Crippen LogP contribution >= 0.6 is 11.6 Å². The number of rotatable bonds is 6. The molecule has 138 valence electrons. The van der Waals surface area contributed by atoms with Gasteiger partial charge in [-0.15, -0.1) is 0 Å². The zero-order chi connectivity index (χ0) is 18.7. The number of hydrogen-bond donors (Lipinski definition) is 1. The van der Waals surface area contributed by atoms with Gasteiger partial charge in [-0.05, 0) is 36.8 Å². The zero-order valence-electron chi connectivity index (χ0n) is 13.6. The third kappa shape index (κ3) is 3.94. The van der Waals surface area contributed by atoms with Crippen LogP contribution in [0, 0.1) is 0 Å². The molecule has 1 aromatic heterocycles. The number of aliphatic hydroxyl groups is 1. The van der Waals surface area contributed by atoms with Gasteiger partial charge >= 0.3 is 6.18 Å². The molecule has 0 atom stereocenters. The Morgan fingerprint density at radius 1 is 1.15 bits per heavy atom. The van der Waals surface area contributed by atoms with Crippen LogP contribution in [0.4, 0.5) is 13.2 Å². The largest absolute Gasteiger partial charge is 0.484 e. The Labute approximate surface area is 152 Å². The smallest absolute Gasteiger partial charge is 0.416 e. The van der Waals surface area contributed by atoms with E-state index >= 15 is 0 Å². The number of aromatic nitrogens is 2. The maximum Gasteiger partial charge on any atom is 0.416 e. The minimum atomic E-state index is -4.43. The maximum absolute atomic E-state index is 12.9. The van der Waals surface area contributed by atoms with E-state index in [-0.39, 0.29) is 18.7 Å². The molecule has 0 aliphatic carbocycles. The van der Waals surface area contributed by atoms with Crippen molar-refractivity contribution >= 4 is 22.6 Å². The monoisotopic (exact) mass is 384 g/mol. The van der Waals surface area contributed by atoms with Gasteiger partial charge in [-0.1, -0.05) is 23.7 Å². The lowest BCUT2D eigenvalue weighted by atomic mass is 10.2. The molecule has 0 fully saturated rings. The van der Waals surface area contributed by atoms with Gasteiger partial charge in [-0.2, -0.15) is 13.2 Å². The third-order valence-corrected chi connectivity index (χ3v) is 4.20. The van der Waals surface area contributed by atoms with Gasteiger partial charge in [-0.25, -0.2) is 4.98 Å². The molecule has 0 unspecified atom stereocenters. The molecule has 0 radical (unpaired) electrons. The number of hydrogen-bond acceptors (Lipinski definition) is 3. The van der Waals surface area contributed by atoms with E-state index in [0.717, 1.165) is 12.1 Å². The Bertz CT molecular complexity index is 909. The second-order valence-corrected chi connectivity index (χ2v) is 6.08. The quantitative estimate of drug-likeness (QED) is 0.671. The predicted octanol–water partition coefficient (Wildman–Crippen LogP) is 4.67. The van der Waals surface area contributed by atoms with E-state index in [1.54, 1.807) is 28.8 Å². The molecule has 0 saturated carbocycles. The number of alkyl halides is 3. The van der Waals surface area contributed by atoms with Crippen LogP contribution in [0.2, 0.25) is 5.02 Å². The molecule has 0 saturated heterocycles. The summed E-state index contributed by atoms with van der Waals surface area (Å²) in [6.45, 7) is 0.426. The van der Waals surface area contributed by atoms with Crippen LogP contribution in [0.3, 0.4) is 0 Å². The summed E-state index contributed by atoms with van der Waals surface area (Å²) < 4.78 is 46.2. The molecular formula is C18H16ClF3N2O2. The topological polar surface area (TPSA) is 47.3 Å². The van der Waals surface area contributed by atoms with E-state index in [1.807, 2.05) is 0 Å². The molecule has 3 aromatic rings. The lowest BCUT2D eigenvalue weighted by Crippen LogP contribution is -2.09. The van der Waals surface area contributed by atoms with Gasteiger partial charge in [0.25, 0.3) is 0 Å². The van der Waals surface area contributed by atoms with E-state index in [4.69, 9.17) is 21.4 Å². The summed E-state index contributed by atoms with van der Waals surface area (Å²) in [6, 6.07) is 10.4. The second-order valence-electron chi connectivity index (χ2n) is 5.68. The van der Waals surface area contributed by atoms with Crippen LogP contribution in [-0.4, -0.2) is 21.3 Å². The summed E-state index contributed by atoms with van der Waals surface area (Å²) in [5, 5.41) is 9.53. The molecule has 1 N–H and O–H groups in total. The van der Waals surface area contributed by atoms with Crippen LogP contribution in [0.15, 0.2) is 42.5 Å². The van der Waals surface area contributed by atoms with Crippen molar-refractivity contribution in [3.63, 3.8) is 0 Å². The molecule has 3 rings (SSSR count). The van der Waals surface area contributed by atoms with Crippen molar-refractivity contribution in [3.05, 3.63) is 58.9 Å². The van der Waals surface area contributed by atoms with Gasteiger partial charge in [0.05, 0.1) is 21.6 Å². The number of aryl methyl sites for hydroxylation is 1. The van der Waals surface area contributed by atoms with Crippen molar-refractivity contribution in [2.24, 2.45) is 0 Å². The molecule has 4 nitrogen and oxygen atoms in total. The third-order valence-electron chi connectivity index (χ3n) is 3.89. The van der Waals surface area contributed by atoms with Crippen LogP contribution in [-0.2, 0) is 19.3 Å². The first-order valence-corrected chi connectivity index (χ1v) is 8.32. The van der Waals surface area contributed by atoms with Crippen LogP contribution < -0.4 is 4.74 Å². The minimum absolute atomic E-state index is 0.0366. The molecule has 26 heavy (non-hydrogen) atoms. The molecule has 1 heterocycles. The highest BCUT2D eigenvalue weighted by Gasteiger charge is 2.31. The summed E-state index contributed by atoms with van der Waals surface area (Å²) in [4.78, 5) is 4.30. The van der Waals surface area contributed by atoms with E-state index < -0.39 is 11.7 Å². The molecule has 2 aromatic carbocycles. The number of ether oxygens (including phenoxy) is 1. The molecule has 0 aliphatic heterocycles. The first-order chi connectivity index (χ1) is 12.4. The molecule has 8 heteroatoms. The lowest BCUT2D eigenvalue weighted by molar-refractivity contribution is -0.137. The predicted molar refractivity (Wildman–Crippen MR) is 92.2 cm³/mol. The summed E-state index contributed by atoms with van der Waals surface area (Å²) in [6.07, 6.45) is -3.98. The highest BCUT2D eigenvalue weighted by atomic mass is 35.5. The number of aliphatic hydroxyl groups excluding tert-OH is 1. The Hall–Kier alpha value is -2.25. The van der Waals surface area contributed by atoms with Gasteiger partial charge in [0.15, 0.2) is 0 Å². The summed E-state index contributed by atoms with van der Waals surface area (Å²) in [5.41, 5.74) is 0.0371. The number of nitrogens with zero attached hydrogens (tertiary/aromatic N) is 2. The van der Waals surface area contributed by atoms with Crippen molar-refractivity contribution in [1.29, 1.82) is 0 Å². The summed E-state index contributed by atoms with van der Waals surface area (Å²) in [5.74, 6) is 0.929. The zero-order valence-corrected chi connectivity index (χ0v) is 14.4. The SMILES string of the molecule is OCCCn1c(COc2ccccc2Cl)nc2cc(C(F)(F)F)ccc21. The Kier molecular flexibility index (Phi) is 5.38. The first kappa shape index (κ1) is 18.5. The lowest BCUT2D eigenvalue weighted by Gasteiger charge is -2.11. The van der Waals surface area contributed by atoms with Crippen LogP contribution in [0.5, 0.6) is 5.75 Å². The van der Waals surface area contributed by atoms with Gasteiger partial charge in [0.2, 0.25) is 0 Å². The van der Waals surface area contributed by atoms with E-state index in [2.05, 4.69) is 4.98 Å². The number of para-hydroxylation sites is 1. The Balaban J connectivity index is 1.95. The number of benzene rings is 2. The average molecular weight is 385 g/mol. The first-order valence-electron chi connectivity index (χ1n) is 7.94. The van der Waals surface area contributed by atoms with Crippen molar-refractivity contribution in [2.75, 3.05) is 6.61 Å². The summed E-state index contributed by atoms with van der Waals surface area (Å²) >= 11 is 6.05. The number of imidazole rings is 1. The van der Waals surface area contributed by atoms with Gasteiger partial charge in [-0.3, -0.25) is 0 Å². The fourth-order valence-corrected chi connectivity index (χ4v) is 2.84. The van der Waals surface area contributed by atoms with Gasteiger partial charge < -0.3 is 14.4 Å². The standard InChI is InChI=1S/C18H16ClF3N2O2/c19-13-4-1-2-5-16(13)26-11-17-23-14-10-12(18(20,21)22)6-7-15(14)24(17)8-3-9-25/h1-2,4-7,10,25H,3,8-9,11H2. The van der Waals surface area contributed by atoms with Crippen LogP contribution in [0.1, 0.15) is 17.8 Å². The molecule has 0 spiro atoms. The highest BCUT2D eigenvalue weighted by molar-refractivity contribution is 6.32. The molecule has 0 bridgehead atoms. The highest BCUT2D eigenvalue weighted by Crippen LogP contribution is 2.32. The Morgan fingerprint density at radius 2 is 1.92 bits per heavy atom. The molecule has 0 aliphatic rings. The number of halogens is 4. The normalized spacial score (nSPS) is 11.9. The van der Waals surface area contributed by atoms with E-state index in [1.165, 1.54) is 6.07 Å². The molecular weight excluding hydrogens is 369 g/mol. The average Bonchev–Trinajstić information content (AvgIpc) is 2.95. The maximum atomic E-state index is 12.9. The van der Waals surface area contributed by atoms with E-state index in [9.17, 15) is 13.2 Å². The molecule has 0 amide bonds. The van der Waals surface area contributed by atoms with Crippen molar-refractivity contribution < 1.29 is 23.0 Å². The summed E-state index contributed by atoms with van der Waals surface area (Å²) in [7, 11) is 0. The fourth-order valence-electron chi connectivity index (χ4n) is 2.65. The Morgan fingerprint density at radius 3 is 2.62 bits per heavy atom. The van der Waals surface area contributed by atoms with Gasteiger partial charge in [0, 0.05) is 13.2 Å². The van der Waals surface area contributed by atoms with Crippen molar-refractivity contribution in [3.8, 4) is 5.75 Å². The fraction of sp³-hybridized carbons (Fsp3) is 0.278. The van der Waals surface area contributed by atoms with Crippen molar-refractivity contribution in [2.45, 2.75) is 25.7 Å². The van der Waals surface area contributed by atoms with Gasteiger partial charge in [0.1, 0.15) is 18.2 Å². The van der Waals surface area contributed by atoms with E-state index in [0.29, 0.717) is 35.1 Å².